The standard InChI is InChI=1S/C12H14F3NO2/c1-16(11(17)12(13,14)15)7-6-9-4-3-5-10(8-9)18-2/h3-5,8H,6-7H2,1-2H3. The van der Waals surface area contributed by atoms with E-state index in [-0.39, 0.29) is 6.54 Å². The highest BCUT2D eigenvalue weighted by molar-refractivity contribution is 5.81. The highest BCUT2D eigenvalue weighted by Crippen LogP contribution is 2.18. The Kier molecular flexibility index (Phi) is 4.58. The van der Waals surface area contributed by atoms with Crippen LogP contribution in [0.1, 0.15) is 5.56 Å². The highest BCUT2D eigenvalue weighted by Gasteiger charge is 2.40. The smallest absolute Gasteiger partial charge is 0.471 e. The minimum Gasteiger partial charge on any atom is -0.497 e. The average Bonchev–Trinajstić information content (AvgIpc) is 2.34. The zero-order valence-electron chi connectivity index (χ0n) is 10.1. The van der Waals surface area contributed by atoms with Gasteiger partial charge in [-0.3, -0.25) is 4.79 Å². The van der Waals surface area contributed by atoms with Gasteiger partial charge in [0.1, 0.15) is 5.75 Å². The molecular weight excluding hydrogens is 247 g/mol. The molecule has 0 saturated heterocycles. The second kappa shape index (κ2) is 5.75. The highest BCUT2D eigenvalue weighted by atomic mass is 19.4. The molecule has 0 unspecified atom stereocenters. The summed E-state index contributed by atoms with van der Waals surface area (Å²) < 4.78 is 41.4. The third kappa shape index (κ3) is 3.94. The maximum Gasteiger partial charge on any atom is 0.471 e. The van der Waals surface area contributed by atoms with Crippen LogP contribution in [0.3, 0.4) is 0 Å². The molecule has 0 spiro atoms. The van der Waals surface area contributed by atoms with Crippen molar-refractivity contribution in [1.82, 2.24) is 4.90 Å². The van der Waals surface area contributed by atoms with Crippen LogP contribution in [0.15, 0.2) is 24.3 Å². The Morgan fingerprint density at radius 2 is 2.06 bits per heavy atom. The third-order valence-corrected chi connectivity index (χ3v) is 2.46. The summed E-state index contributed by atoms with van der Waals surface area (Å²) in [7, 11) is 2.65. The molecule has 100 valence electrons. The number of likely N-dealkylation sites (N-methyl/N-ethyl adjacent to an activating group) is 1. The zero-order valence-corrected chi connectivity index (χ0v) is 10.1. The number of ether oxygens (including phenoxy) is 1. The van der Waals surface area contributed by atoms with Gasteiger partial charge in [-0.25, -0.2) is 0 Å². The SMILES string of the molecule is COc1cccc(CCN(C)C(=O)C(F)(F)F)c1. The van der Waals surface area contributed by atoms with Crippen LogP contribution in [-0.2, 0) is 11.2 Å². The van der Waals surface area contributed by atoms with Crippen molar-refractivity contribution in [2.75, 3.05) is 20.7 Å². The first kappa shape index (κ1) is 14.3. The van der Waals surface area contributed by atoms with Crippen LogP contribution in [0, 0.1) is 0 Å². The van der Waals surface area contributed by atoms with Crippen molar-refractivity contribution in [3.8, 4) is 5.75 Å². The van der Waals surface area contributed by atoms with E-state index >= 15 is 0 Å². The van der Waals surface area contributed by atoms with E-state index in [1.807, 2.05) is 0 Å². The van der Waals surface area contributed by atoms with Gasteiger partial charge in [-0.15, -0.1) is 0 Å². The maximum atomic E-state index is 12.1. The number of nitrogens with zero attached hydrogens (tertiary/aromatic N) is 1. The van der Waals surface area contributed by atoms with E-state index in [2.05, 4.69) is 0 Å². The van der Waals surface area contributed by atoms with Gasteiger partial charge in [-0.1, -0.05) is 12.1 Å². The Labute approximate surface area is 103 Å². The van der Waals surface area contributed by atoms with E-state index in [0.717, 1.165) is 12.6 Å². The quantitative estimate of drug-likeness (QED) is 0.832. The lowest BCUT2D eigenvalue weighted by Gasteiger charge is -2.18. The van der Waals surface area contributed by atoms with Gasteiger partial charge in [0, 0.05) is 13.6 Å². The summed E-state index contributed by atoms with van der Waals surface area (Å²) in [5, 5.41) is 0. The number of benzene rings is 1. The number of rotatable bonds is 4. The van der Waals surface area contributed by atoms with Crippen LogP contribution >= 0.6 is 0 Å². The van der Waals surface area contributed by atoms with Crippen LogP contribution in [-0.4, -0.2) is 37.7 Å². The molecule has 3 nitrogen and oxygen atoms in total. The summed E-state index contributed by atoms with van der Waals surface area (Å²) in [6.45, 7) is 0.00547. The Morgan fingerprint density at radius 1 is 1.39 bits per heavy atom. The number of amides is 1. The fraction of sp³-hybridized carbons (Fsp3) is 0.417. The summed E-state index contributed by atoms with van der Waals surface area (Å²) in [6, 6.07) is 6.99. The summed E-state index contributed by atoms with van der Waals surface area (Å²) in [5.74, 6) is -1.19. The molecule has 1 amide bonds. The number of alkyl halides is 3. The van der Waals surface area contributed by atoms with Crippen molar-refractivity contribution in [2.24, 2.45) is 0 Å². The molecule has 0 bridgehead atoms. The molecule has 0 aliphatic carbocycles. The number of carbonyl (C=O) groups is 1. The van der Waals surface area contributed by atoms with Gasteiger partial charge in [0.15, 0.2) is 0 Å². The summed E-state index contributed by atoms with van der Waals surface area (Å²) in [4.78, 5) is 11.6. The number of halogens is 3. The minimum absolute atomic E-state index is 0.00547. The largest absolute Gasteiger partial charge is 0.497 e. The summed E-state index contributed by atoms with van der Waals surface area (Å²) >= 11 is 0. The molecule has 0 heterocycles. The molecular formula is C12H14F3NO2. The van der Waals surface area contributed by atoms with Crippen molar-refractivity contribution in [2.45, 2.75) is 12.6 Å². The van der Waals surface area contributed by atoms with Gasteiger partial charge in [0.25, 0.3) is 0 Å². The lowest BCUT2D eigenvalue weighted by molar-refractivity contribution is -0.184. The summed E-state index contributed by atoms with van der Waals surface area (Å²) in [5.41, 5.74) is 0.816. The predicted molar refractivity (Wildman–Crippen MR) is 60.4 cm³/mol. The van der Waals surface area contributed by atoms with E-state index in [9.17, 15) is 18.0 Å². The Hall–Kier alpha value is -1.72. The number of hydrogen-bond donors (Lipinski definition) is 0. The maximum absolute atomic E-state index is 12.1. The molecule has 0 aliphatic heterocycles. The number of carbonyl (C=O) groups excluding carboxylic acids is 1. The van der Waals surface area contributed by atoms with E-state index in [1.165, 1.54) is 7.11 Å². The van der Waals surface area contributed by atoms with Gasteiger partial charge in [-0.05, 0) is 24.1 Å². The molecule has 0 aromatic heterocycles. The van der Waals surface area contributed by atoms with Crippen molar-refractivity contribution in [3.05, 3.63) is 29.8 Å². The van der Waals surface area contributed by atoms with E-state index in [1.54, 1.807) is 24.3 Å². The molecule has 0 atom stereocenters. The Morgan fingerprint density at radius 3 is 2.61 bits per heavy atom. The zero-order chi connectivity index (χ0) is 13.8. The average molecular weight is 261 g/mol. The molecule has 18 heavy (non-hydrogen) atoms. The topological polar surface area (TPSA) is 29.5 Å². The molecule has 0 radical (unpaired) electrons. The van der Waals surface area contributed by atoms with Gasteiger partial charge in [0.2, 0.25) is 0 Å². The molecule has 0 aliphatic rings. The first-order chi connectivity index (χ1) is 8.34. The summed E-state index contributed by atoms with van der Waals surface area (Å²) in [6.07, 6.45) is -4.47. The molecule has 0 saturated carbocycles. The van der Waals surface area contributed by atoms with E-state index in [0.29, 0.717) is 17.1 Å². The lowest BCUT2D eigenvalue weighted by Crippen LogP contribution is -2.39. The van der Waals surface area contributed by atoms with Crippen LogP contribution in [0.5, 0.6) is 5.75 Å². The minimum atomic E-state index is -4.82. The van der Waals surface area contributed by atoms with Gasteiger partial charge >= 0.3 is 12.1 Å². The number of hydrogen-bond acceptors (Lipinski definition) is 2. The van der Waals surface area contributed by atoms with Crippen molar-refractivity contribution in [1.29, 1.82) is 0 Å². The third-order valence-electron chi connectivity index (χ3n) is 2.46. The van der Waals surface area contributed by atoms with Crippen LogP contribution in [0.4, 0.5) is 13.2 Å². The Bertz CT molecular complexity index is 418. The molecule has 0 fully saturated rings. The van der Waals surface area contributed by atoms with Crippen molar-refractivity contribution in [3.63, 3.8) is 0 Å². The molecule has 6 heteroatoms. The van der Waals surface area contributed by atoms with E-state index < -0.39 is 12.1 Å². The fourth-order valence-corrected chi connectivity index (χ4v) is 1.44. The normalized spacial score (nSPS) is 11.2. The van der Waals surface area contributed by atoms with Gasteiger partial charge in [-0.2, -0.15) is 13.2 Å². The second-order valence-corrected chi connectivity index (χ2v) is 3.83. The molecule has 1 aromatic rings. The fourth-order valence-electron chi connectivity index (χ4n) is 1.44. The molecule has 1 aromatic carbocycles. The Balaban J connectivity index is 2.57. The first-order valence-electron chi connectivity index (χ1n) is 5.30. The predicted octanol–water partition coefficient (Wildman–Crippen LogP) is 2.26. The van der Waals surface area contributed by atoms with Crippen molar-refractivity contribution >= 4 is 5.91 Å². The van der Waals surface area contributed by atoms with Crippen LogP contribution in [0.2, 0.25) is 0 Å². The van der Waals surface area contributed by atoms with Gasteiger partial charge in [0.05, 0.1) is 7.11 Å². The first-order valence-corrected chi connectivity index (χ1v) is 5.30. The molecule has 1 rings (SSSR count). The van der Waals surface area contributed by atoms with Gasteiger partial charge < -0.3 is 9.64 Å². The molecule has 0 N–H and O–H groups in total. The van der Waals surface area contributed by atoms with E-state index in [4.69, 9.17) is 4.74 Å². The second-order valence-electron chi connectivity index (χ2n) is 3.83. The van der Waals surface area contributed by atoms with Crippen molar-refractivity contribution < 1.29 is 22.7 Å². The van der Waals surface area contributed by atoms with Crippen LogP contribution < -0.4 is 4.74 Å². The number of methoxy groups -OCH3 is 1. The monoisotopic (exact) mass is 261 g/mol. The lowest BCUT2D eigenvalue weighted by atomic mass is 10.1. The van der Waals surface area contributed by atoms with Crippen LogP contribution in [0.25, 0.3) is 0 Å².